The topological polar surface area (TPSA) is 89.9 Å². The first-order valence-electron chi connectivity index (χ1n) is 9.43. The third kappa shape index (κ3) is 6.67. The quantitative estimate of drug-likeness (QED) is 0.413. The molecular formula is C21H22F4O6S. The fraction of sp³-hybridized carbons (Fsp3) is 0.381. The van der Waals surface area contributed by atoms with Crippen molar-refractivity contribution >= 4 is 15.8 Å². The number of aliphatic hydroxyl groups excluding tert-OH is 1. The van der Waals surface area contributed by atoms with Crippen LogP contribution in [0.3, 0.4) is 0 Å². The number of halogens is 4. The molecule has 0 fully saturated rings. The zero-order valence-corrected chi connectivity index (χ0v) is 18.0. The van der Waals surface area contributed by atoms with Crippen LogP contribution in [0.5, 0.6) is 5.75 Å². The number of rotatable bonds is 10. The highest BCUT2D eigenvalue weighted by molar-refractivity contribution is 7.90. The van der Waals surface area contributed by atoms with E-state index in [-0.39, 0.29) is 29.1 Å². The maximum atomic E-state index is 13.2. The van der Waals surface area contributed by atoms with Crippen LogP contribution in [0, 0.1) is 5.92 Å². The molecule has 6 nitrogen and oxygen atoms in total. The number of hydrogen-bond acceptors (Lipinski definition) is 6. The van der Waals surface area contributed by atoms with Crippen molar-refractivity contribution in [3.8, 4) is 5.75 Å². The number of carbonyl (C=O) groups excluding carboxylic acids is 1. The van der Waals surface area contributed by atoms with Gasteiger partial charge in [-0.1, -0.05) is 24.3 Å². The highest BCUT2D eigenvalue weighted by atomic mass is 32.2. The number of sulfone groups is 1. The monoisotopic (exact) mass is 478 g/mol. The highest BCUT2D eigenvalue weighted by Crippen LogP contribution is 2.31. The summed E-state index contributed by atoms with van der Waals surface area (Å²) in [4.78, 5) is 12.5. The predicted octanol–water partition coefficient (Wildman–Crippen LogP) is 3.78. The molecule has 2 aromatic carbocycles. The Morgan fingerprint density at radius 2 is 1.75 bits per heavy atom. The SMILES string of the molecule is CCOC(=O)C(Cc1cccc(OC(F)(F)C(F)F)c1)C(O)c1ccc(S(C)(=O)=O)cc1. The maximum Gasteiger partial charge on any atom is 0.461 e. The molecule has 32 heavy (non-hydrogen) atoms. The molecule has 0 aliphatic heterocycles. The molecule has 176 valence electrons. The Morgan fingerprint density at radius 3 is 2.28 bits per heavy atom. The summed E-state index contributed by atoms with van der Waals surface area (Å²) in [7, 11) is -3.47. The molecule has 0 saturated carbocycles. The first-order chi connectivity index (χ1) is 14.8. The Balaban J connectivity index is 2.30. The Bertz CT molecular complexity index is 1020. The van der Waals surface area contributed by atoms with Gasteiger partial charge in [-0.3, -0.25) is 4.79 Å². The van der Waals surface area contributed by atoms with Gasteiger partial charge in [-0.25, -0.2) is 8.42 Å². The standard InChI is InChI=1S/C21H22F4O6S/c1-3-30-19(27)17(18(26)14-7-9-16(10-8-14)32(2,28)29)12-13-5-4-6-15(11-13)31-21(24,25)20(22)23/h4-11,17-18,20,26H,3,12H2,1-2H3. The van der Waals surface area contributed by atoms with Gasteiger partial charge in [0.15, 0.2) is 9.84 Å². The minimum Gasteiger partial charge on any atom is -0.466 e. The smallest absolute Gasteiger partial charge is 0.461 e. The van der Waals surface area contributed by atoms with Gasteiger partial charge in [0.1, 0.15) is 5.75 Å². The van der Waals surface area contributed by atoms with Gasteiger partial charge in [0, 0.05) is 6.26 Å². The van der Waals surface area contributed by atoms with Gasteiger partial charge in [-0.05, 0) is 48.7 Å². The lowest BCUT2D eigenvalue weighted by Gasteiger charge is -2.22. The molecule has 0 spiro atoms. The molecule has 0 heterocycles. The molecule has 0 radical (unpaired) electrons. The third-order valence-electron chi connectivity index (χ3n) is 4.48. The second-order valence-corrected chi connectivity index (χ2v) is 8.98. The average molecular weight is 478 g/mol. The van der Waals surface area contributed by atoms with Crippen molar-refractivity contribution in [2.24, 2.45) is 5.92 Å². The number of esters is 1. The number of hydrogen-bond donors (Lipinski definition) is 1. The summed E-state index contributed by atoms with van der Waals surface area (Å²) >= 11 is 0. The van der Waals surface area contributed by atoms with E-state index in [2.05, 4.69) is 4.74 Å². The van der Waals surface area contributed by atoms with Crippen LogP contribution < -0.4 is 4.74 Å². The van der Waals surface area contributed by atoms with Crippen LogP contribution in [0.2, 0.25) is 0 Å². The van der Waals surface area contributed by atoms with E-state index >= 15 is 0 Å². The lowest BCUT2D eigenvalue weighted by Crippen LogP contribution is -2.33. The van der Waals surface area contributed by atoms with Crippen molar-refractivity contribution in [3.05, 3.63) is 59.7 Å². The lowest BCUT2D eigenvalue weighted by atomic mass is 9.89. The first-order valence-corrected chi connectivity index (χ1v) is 11.3. The second-order valence-electron chi connectivity index (χ2n) is 6.96. The summed E-state index contributed by atoms with van der Waals surface area (Å²) in [6, 6.07) is 10.1. The van der Waals surface area contributed by atoms with Crippen molar-refractivity contribution in [3.63, 3.8) is 0 Å². The molecule has 2 aromatic rings. The Kier molecular flexibility index (Phi) is 8.24. The zero-order chi connectivity index (χ0) is 24.1. The number of benzene rings is 2. The van der Waals surface area contributed by atoms with Gasteiger partial charge < -0.3 is 14.6 Å². The van der Waals surface area contributed by atoms with Crippen molar-refractivity contribution in [1.82, 2.24) is 0 Å². The molecule has 11 heteroatoms. The predicted molar refractivity (Wildman–Crippen MR) is 106 cm³/mol. The molecule has 0 saturated heterocycles. The molecule has 0 aliphatic rings. The van der Waals surface area contributed by atoms with Crippen molar-refractivity contribution < 1.29 is 45.4 Å². The number of alkyl halides is 4. The number of aliphatic hydroxyl groups is 1. The van der Waals surface area contributed by atoms with Gasteiger partial charge in [0.25, 0.3) is 0 Å². The zero-order valence-electron chi connectivity index (χ0n) is 17.2. The first kappa shape index (κ1) is 25.6. The van der Waals surface area contributed by atoms with E-state index < -0.39 is 46.1 Å². The van der Waals surface area contributed by atoms with E-state index in [1.165, 1.54) is 36.4 Å². The Hall–Kier alpha value is -2.66. The molecule has 0 amide bonds. The molecule has 0 bridgehead atoms. The molecule has 1 N–H and O–H groups in total. The normalized spacial score (nSPS) is 14.1. The Labute approximate surface area is 182 Å². The number of ether oxygens (including phenoxy) is 2. The fourth-order valence-electron chi connectivity index (χ4n) is 2.91. The van der Waals surface area contributed by atoms with Crippen LogP contribution in [0.1, 0.15) is 24.2 Å². The minimum atomic E-state index is -4.69. The third-order valence-corrected chi connectivity index (χ3v) is 5.61. The van der Waals surface area contributed by atoms with Gasteiger partial charge in [0.05, 0.1) is 23.5 Å². The molecule has 2 atom stereocenters. The average Bonchev–Trinajstić information content (AvgIpc) is 2.71. The van der Waals surface area contributed by atoms with E-state index in [4.69, 9.17) is 4.74 Å². The van der Waals surface area contributed by atoms with Gasteiger partial charge in [0.2, 0.25) is 0 Å². The van der Waals surface area contributed by atoms with Crippen LogP contribution in [-0.2, 0) is 25.8 Å². The number of carbonyl (C=O) groups is 1. The summed E-state index contributed by atoms with van der Waals surface area (Å²) in [5.41, 5.74) is 0.476. The second kappa shape index (κ2) is 10.3. The van der Waals surface area contributed by atoms with E-state index in [9.17, 15) is 35.9 Å². The van der Waals surface area contributed by atoms with Crippen LogP contribution in [-0.4, -0.2) is 44.9 Å². The summed E-state index contributed by atoms with van der Waals surface area (Å²) in [5, 5.41) is 10.8. The van der Waals surface area contributed by atoms with E-state index in [1.807, 2.05) is 0 Å². The molecule has 0 aromatic heterocycles. The lowest BCUT2D eigenvalue weighted by molar-refractivity contribution is -0.253. The fourth-order valence-corrected chi connectivity index (χ4v) is 3.54. The molecule has 2 unspecified atom stereocenters. The summed E-state index contributed by atoms with van der Waals surface area (Å²) in [5.74, 6) is -2.51. The highest BCUT2D eigenvalue weighted by Gasteiger charge is 2.44. The van der Waals surface area contributed by atoms with Crippen LogP contribution in [0.15, 0.2) is 53.4 Å². The molecular weight excluding hydrogens is 456 g/mol. The van der Waals surface area contributed by atoms with Crippen molar-refractivity contribution in [2.45, 2.75) is 36.9 Å². The van der Waals surface area contributed by atoms with Gasteiger partial charge >= 0.3 is 18.5 Å². The van der Waals surface area contributed by atoms with Gasteiger partial charge in [-0.15, -0.1) is 0 Å². The summed E-state index contributed by atoms with van der Waals surface area (Å²) < 4.78 is 83.4. The molecule has 2 rings (SSSR count). The van der Waals surface area contributed by atoms with Gasteiger partial charge in [-0.2, -0.15) is 17.6 Å². The van der Waals surface area contributed by atoms with Crippen LogP contribution >= 0.6 is 0 Å². The summed E-state index contributed by atoms with van der Waals surface area (Å²) in [6.45, 7) is 1.57. The van der Waals surface area contributed by atoms with E-state index in [0.29, 0.717) is 0 Å². The van der Waals surface area contributed by atoms with Crippen LogP contribution in [0.4, 0.5) is 17.6 Å². The largest absolute Gasteiger partial charge is 0.466 e. The summed E-state index contributed by atoms with van der Waals surface area (Å²) in [6.07, 6.45) is -9.32. The van der Waals surface area contributed by atoms with E-state index in [1.54, 1.807) is 6.92 Å². The van der Waals surface area contributed by atoms with E-state index in [0.717, 1.165) is 18.4 Å². The van der Waals surface area contributed by atoms with Crippen molar-refractivity contribution in [1.29, 1.82) is 0 Å². The van der Waals surface area contributed by atoms with Crippen LogP contribution in [0.25, 0.3) is 0 Å². The maximum absolute atomic E-state index is 13.2. The van der Waals surface area contributed by atoms with Crippen molar-refractivity contribution in [2.75, 3.05) is 12.9 Å². The Morgan fingerprint density at radius 1 is 1.12 bits per heavy atom. The molecule has 0 aliphatic carbocycles. The minimum absolute atomic E-state index is 0.0127.